The van der Waals surface area contributed by atoms with E-state index in [2.05, 4.69) is 4.74 Å². The number of rotatable bonds is 5. The van der Waals surface area contributed by atoms with E-state index in [9.17, 15) is 13.2 Å². The molecular weight excluding hydrogens is 256 g/mol. The van der Waals surface area contributed by atoms with E-state index in [0.29, 0.717) is 11.3 Å². The fourth-order valence-corrected chi connectivity index (χ4v) is 2.43. The number of hydrogen-bond acceptors (Lipinski definition) is 5. The van der Waals surface area contributed by atoms with Crippen LogP contribution in [-0.2, 0) is 14.8 Å². The number of methoxy groups -OCH3 is 1. The first-order valence-electron chi connectivity index (χ1n) is 5.26. The minimum atomic E-state index is -3.38. The Labute approximate surface area is 106 Å². The topological polar surface area (TPSA) is 89.7 Å². The highest BCUT2D eigenvalue weighted by Crippen LogP contribution is 2.18. The summed E-state index contributed by atoms with van der Waals surface area (Å²) in [6.45, 7) is 0.405. The zero-order chi connectivity index (χ0) is 13.8. The molecule has 2 N–H and O–H groups in total. The van der Waals surface area contributed by atoms with Gasteiger partial charge in [0.1, 0.15) is 0 Å². The lowest BCUT2D eigenvalue weighted by Gasteiger charge is -2.21. The van der Waals surface area contributed by atoms with Gasteiger partial charge in [-0.3, -0.25) is 4.31 Å². The van der Waals surface area contributed by atoms with E-state index in [-0.39, 0.29) is 13.1 Å². The predicted octanol–water partition coefficient (Wildman–Crippen LogP) is 0.198. The minimum Gasteiger partial charge on any atom is -0.465 e. The number of ether oxygens (including phenoxy) is 1. The summed E-state index contributed by atoms with van der Waals surface area (Å²) in [7, 11) is -2.10. The molecule has 0 saturated heterocycles. The van der Waals surface area contributed by atoms with Gasteiger partial charge in [-0.2, -0.15) is 0 Å². The van der Waals surface area contributed by atoms with Crippen molar-refractivity contribution in [2.45, 2.75) is 0 Å². The maximum atomic E-state index is 11.6. The number of sulfonamides is 1. The molecule has 0 aliphatic heterocycles. The first kappa shape index (κ1) is 14.5. The van der Waals surface area contributed by atoms with E-state index >= 15 is 0 Å². The molecule has 0 aliphatic carbocycles. The van der Waals surface area contributed by atoms with Crippen LogP contribution in [0.15, 0.2) is 24.3 Å². The predicted molar refractivity (Wildman–Crippen MR) is 69.0 cm³/mol. The van der Waals surface area contributed by atoms with Crippen LogP contribution in [-0.4, -0.2) is 40.8 Å². The second-order valence-corrected chi connectivity index (χ2v) is 5.57. The number of carbonyl (C=O) groups is 1. The van der Waals surface area contributed by atoms with Gasteiger partial charge in [0.25, 0.3) is 0 Å². The van der Waals surface area contributed by atoms with Crippen LogP contribution in [0.5, 0.6) is 0 Å². The van der Waals surface area contributed by atoms with Gasteiger partial charge in [0.05, 0.1) is 24.6 Å². The lowest BCUT2D eigenvalue weighted by molar-refractivity contribution is 0.0601. The lowest BCUT2D eigenvalue weighted by Crippen LogP contribution is -2.34. The molecule has 0 fully saturated rings. The average Bonchev–Trinajstić information content (AvgIpc) is 2.34. The van der Waals surface area contributed by atoms with Gasteiger partial charge in [-0.05, 0) is 24.3 Å². The number of benzene rings is 1. The molecule has 100 valence electrons. The van der Waals surface area contributed by atoms with Crippen LogP contribution in [0.1, 0.15) is 10.4 Å². The standard InChI is InChI=1S/C11H16N2O4S/c1-17-11(14)9-3-5-10(6-4-9)13(8-7-12)18(2,15)16/h3-6H,7-8,12H2,1-2H3. The van der Waals surface area contributed by atoms with Gasteiger partial charge in [0.15, 0.2) is 0 Å². The van der Waals surface area contributed by atoms with Gasteiger partial charge in [-0.15, -0.1) is 0 Å². The third-order valence-corrected chi connectivity index (χ3v) is 3.50. The molecule has 7 heteroatoms. The maximum Gasteiger partial charge on any atom is 0.337 e. The van der Waals surface area contributed by atoms with Crippen LogP contribution in [0.25, 0.3) is 0 Å². The molecule has 6 nitrogen and oxygen atoms in total. The average molecular weight is 272 g/mol. The van der Waals surface area contributed by atoms with Crippen molar-refractivity contribution in [3.8, 4) is 0 Å². The Kier molecular flexibility index (Phi) is 4.69. The third-order valence-electron chi connectivity index (χ3n) is 2.31. The summed E-state index contributed by atoms with van der Waals surface area (Å²) in [5.41, 5.74) is 6.21. The summed E-state index contributed by atoms with van der Waals surface area (Å²) in [5, 5.41) is 0. The SMILES string of the molecule is COC(=O)c1ccc(N(CCN)S(C)(=O)=O)cc1. The monoisotopic (exact) mass is 272 g/mol. The molecule has 0 aliphatic rings. The molecular formula is C11H16N2O4S. The van der Waals surface area contributed by atoms with E-state index in [1.165, 1.54) is 23.5 Å². The van der Waals surface area contributed by atoms with Gasteiger partial charge >= 0.3 is 5.97 Å². The molecule has 0 bridgehead atoms. The fourth-order valence-electron chi connectivity index (χ4n) is 1.49. The van der Waals surface area contributed by atoms with Crippen molar-refractivity contribution in [2.24, 2.45) is 5.73 Å². The largest absolute Gasteiger partial charge is 0.465 e. The van der Waals surface area contributed by atoms with E-state index < -0.39 is 16.0 Å². The summed E-state index contributed by atoms with van der Waals surface area (Å²) in [4.78, 5) is 11.2. The Morgan fingerprint density at radius 3 is 2.28 bits per heavy atom. The van der Waals surface area contributed by atoms with Gasteiger partial charge in [0, 0.05) is 13.1 Å². The Bertz CT molecular complexity index is 510. The molecule has 1 aromatic carbocycles. The van der Waals surface area contributed by atoms with Crippen LogP contribution < -0.4 is 10.0 Å². The molecule has 1 rings (SSSR count). The second kappa shape index (κ2) is 5.83. The zero-order valence-electron chi connectivity index (χ0n) is 10.3. The highest BCUT2D eigenvalue weighted by molar-refractivity contribution is 7.92. The van der Waals surface area contributed by atoms with Crippen LogP contribution >= 0.6 is 0 Å². The number of nitrogens with two attached hydrogens (primary N) is 1. The lowest BCUT2D eigenvalue weighted by atomic mass is 10.2. The zero-order valence-corrected chi connectivity index (χ0v) is 11.1. The fraction of sp³-hybridized carbons (Fsp3) is 0.364. The summed E-state index contributed by atoms with van der Waals surface area (Å²) in [6, 6.07) is 6.11. The third kappa shape index (κ3) is 3.44. The van der Waals surface area contributed by atoms with Crippen molar-refractivity contribution >= 4 is 21.7 Å². The van der Waals surface area contributed by atoms with Crippen molar-refractivity contribution in [2.75, 3.05) is 30.8 Å². The molecule has 0 radical (unpaired) electrons. The van der Waals surface area contributed by atoms with Gasteiger partial charge in [-0.1, -0.05) is 0 Å². The van der Waals surface area contributed by atoms with Crippen molar-refractivity contribution in [1.82, 2.24) is 0 Å². The van der Waals surface area contributed by atoms with Crippen molar-refractivity contribution in [1.29, 1.82) is 0 Å². The number of nitrogens with zero attached hydrogens (tertiary/aromatic N) is 1. The number of anilines is 1. The second-order valence-electron chi connectivity index (χ2n) is 3.66. The maximum absolute atomic E-state index is 11.6. The smallest absolute Gasteiger partial charge is 0.337 e. The Morgan fingerprint density at radius 2 is 1.89 bits per heavy atom. The molecule has 0 atom stereocenters. The quantitative estimate of drug-likeness (QED) is 0.773. The molecule has 1 aromatic rings. The molecule has 0 unspecified atom stereocenters. The highest BCUT2D eigenvalue weighted by atomic mass is 32.2. The molecule has 0 amide bonds. The summed E-state index contributed by atoms with van der Waals surface area (Å²) < 4.78 is 28.9. The van der Waals surface area contributed by atoms with Crippen LogP contribution in [0.4, 0.5) is 5.69 Å². The highest BCUT2D eigenvalue weighted by Gasteiger charge is 2.16. The van der Waals surface area contributed by atoms with E-state index in [1.807, 2.05) is 0 Å². The molecule has 0 saturated carbocycles. The summed E-state index contributed by atoms with van der Waals surface area (Å²) in [5.74, 6) is -0.466. The Balaban J connectivity index is 3.05. The number of hydrogen-bond donors (Lipinski definition) is 1. The number of esters is 1. The van der Waals surface area contributed by atoms with Gasteiger partial charge < -0.3 is 10.5 Å². The van der Waals surface area contributed by atoms with Crippen LogP contribution in [0.2, 0.25) is 0 Å². The number of carbonyl (C=O) groups excluding carboxylic acids is 1. The molecule has 18 heavy (non-hydrogen) atoms. The summed E-state index contributed by atoms with van der Waals surface area (Å²) in [6.07, 6.45) is 1.11. The van der Waals surface area contributed by atoms with E-state index in [1.54, 1.807) is 12.1 Å². The normalized spacial score (nSPS) is 11.1. The van der Waals surface area contributed by atoms with Crippen molar-refractivity contribution in [3.05, 3.63) is 29.8 Å². The van der Waals surface area contributed by atoms with Crippen LogP contribution in [0.3, 0.4) is 0 Å². The van der Waals surface area contributed by atoms with Crippen LogP contribution in [0, 0.1) is 0 Å². The molecule has 0 spiro atoms. The first-order valence-corrected chi connectivity index (χ1v) is 7.11. The Morgan fingerprint density at radius 1 is 1.33 bits per heavy atom. The first-order chi connectivity index (χ1) is 8.40. The van der Waals surface area contributed by atoms with Crippen molar-refractivity contribution < 1.29 is 17.9 Å². The van der Waals surface area contributed by atoms with Gasteiger partial charge in [-0.25, -0.2) is 13.2 Å². The van der Waals surface area contributed by atoms with Crippen molar-refractivity contribution in [3.63, 3.8) is 0 Å². The molecule has 0 aromatic heterocycles. The summed E-state index contributed by atoms with van der Waals surface area (Å²) >= 11 is 0. The van der Waals surface area contributed by atoms with E-state index in [4.69, 9.17) is 5.73 Å². The minimum absolute atomic E-state index is 0.191. The van der Waals surface area contributed by atoms with E-state index in [0.717, 1.165) is 6.26 Å². The van der Waals surface area contributed by atoms with Gasteiger partial charge in [0.2, 0.25) is 10.0 Å². The Hall–Kier alpha value is -1.60. The molecule has 0 heterocycles.